The highest BCUT2D eigenvalue weighted by atomic mass is 16.5. The maximum atomic E-state index is 5.90. The Hall–Kier alpha value is -4.30. The second kappa shape index (κ2) is 45.8. The molecule has 0 aliphatic heterocycles. The fourth-order valence-corrected chi connectivity index (χ4v) is 5.85. The molecule has 2 unspecified atom stereocenters. The van der Waals surface area contributed by atoms with E-state index in [1.165, 1.54) is 32.1 Å². The van der Waals surface area contributed by atoms with Crippen LogP contribution in [0.5, 0.6) is 0 Å². The van der Waals surface area contributed by atoms with Crippen molar-refractivity contribution >= 4 is 0 Å². The molecule has 0 saturated heterocycles. The molecule has 0 amide bonds. The number of aromatic nitrogens is 4. The third-order valence-corrected chi connectivity index (χ3v) is 8.04. The first kappa shape index (κ1) is 60.0. The monoisotopic (exact) mass is 827 g/mol. The topological polar surface area (TPSA) is 79.2 Å². The Morgan fingerprint density at radius 2 is 0.733 bits per heavy atom. The largest absolute Gasteiger partial charge is 0.372 e. The second-order valence-electron chi connectivity index (χ2n) is 11.4. The Kier molecular flexibility index (Phi) is 45.8. The van der Waals surface area contributed by atoms with Crippen molar-refractivity contribution < 1.29 is 14.2 Å². The summed E-state index contributed by atoms with van der Waals surface area (Å²) in [5.41, 5.74) is 4.99. The molecule has 0 spiro atoms. The lowest BCUT2D eigenvalue weighted by Crippen LogP contribution is -2.20. The maximum Gasteiger partial charge on any atom is 0.141 e. The van der Waals surface area contributed by atoms with E-state index in [0.29, 0.717) is 19.1 Å². The molecule has 4 heterocycles. The fraction of sp³-hybridized carbons (Fsp3) is 0.509. The number of benzene rings is 1. The van der Waals surface area contributed by atoms with Crippen LogP contribution in [0.25, 0.3) is 0 Å². The number of nitrogens with zero attached hydrogens (tertiary/aromatic N) is 4. The Labute approximate surface area is 369 Å². The zero-order valence-electron chi connectivity index (χ0n) is 40.6. The molecule has 2 atom stereocenters. The summed E-state index contributed by atoms with van der Waals surface area (Å²) >= 11 is 0. The molecule has 4 aromatic heterocycles. The van der Waals surface area contributed by atoms with Gasteiger partial charge in [-0.2, -0.15) is 0 Å². The van der Waals surface area contributed by atoms with Gasteiger partial charge in [0.2, 0.25) is 0 Å². The molecule has 1 aromatic carbocycles. The van der Waals surface area contributed by atoms with E-state index in [1.54, 1.807) is 18.6 Å². The van der Waals surface area contributed by atoms with Gasteiger partial charge in [-0.1, -0.05) is 157 Å². The summed E-state index contributed by atoms with van der Waals surface area (Å²) in [5, 5.41) is 0. The van der Waals surface area contributed by atoms with Gasteiger partial charge in [-0.25, -0.2) is 0 Å². The summed E-state index contributed by atoms with van der Waals surface area (Å²) in [6, 6.07) is 33.8. The minimum atomic E-state index is -0.174. The Balaban J connectivity index is -0.000000720. The van der Waals surface area contributed by atoms with Crippen molar-refractivity contribution in [2.24, 2.45) is 5.92 Å². The van der Waals surface area contributed by atoms with Crippen LogP contribution >= 0.6 is 0 Å². The molecule has 7 nitrogen and oxygen atoms in total. The van der Waals surface area contributed by atoms with Gasteiger partial charge < -0.3 is 14.2 Å². The number of hydrogen-bond acceptors (Lipinski definition) is 7. The van der Waals surface area contributed by atoms with Crippen LogP contribution in [-0.4, -0.2) is 39.8 Å². The van der Waals surface area contributed by atoms with Gasteiger partial charge in [-0.05, 0) is 93.6 Å². The van der Waals surface area contributed by atoms with Crippen LogP contribution < -0.4 is 0 Å². The third kappa shape index (κ3) is 25.4. The van der Waals surface area contributed by atoms with Gasteiger partial charge in [-0.15, -0.1) is 0 Å². The van der Waals surface area contributed by atoms with E-state index in [-0.39, 0.29) is 18.3 Å². The van der Waals surface area contributed by atoms with Gasteiger partial charge in [0.1, 0.15) is 18.3 Å². The lowest BCUT2D eigenvalue weighted by molar-refractivity contribution is 0.00285. The number of hydrogen-bond donors (Lipinski definition) is 0. The molecule has 6 rings (SSSR count). The highest BCUT2D eigenvalue weighted by molar-refractivity contribution is 5.26. The van der Waals surface area contributed by atoms with E-state index in [2.05, 4.69) is 51.1 Å². The quantitative estimate of drug-likeness (QED) is 0.124. The van der Waals surface area contributed by atoms with Gasteiger partial charge >= 0.3 is 0 Å². The summed E-state index contributed by atoms with van der Waals surface area (Å²) in [6.45, 7) is 32.1. The summed E-state index contributed by atoms with van der Waals surface area (Å²) < 4.78 is 17.3. The van der Waals surface area contributed by atoms with Crippen LogP contribution in [0.15, 0.2) is 128 Å². The molecule has 336 valence electrons. The smallest absolute Gasteiger partial charge is 0.141 e. The van der Waals surface area contributed by atoms with E-state index < -0.39 is 0 Å². The Morgan fingerprint density at radius 3 is 1.08 bits per heavy atom. The van der Waals surface area contributed by atoms with Gasteiger partial charge in [0.15, 0.2) is 0 Å². The van der Waals surface area contributed by atoms with E-state index >= 15 is 0 Å². The van der Waals surface area contributed by atoms with Crippen molar-refractivity contribution in [3.8, 4) is 0 Å². The summed E-state index contributed by atoms with van der Waals surface area (Å²) in [6.07, 6.45) is 13.8. The highest BCUT2D eigenvalue weighted by Gasteiger charge is 2.26. The first-order valence-electron chi connectivity index (χ1n) is 23.3. The number of ether oxygens (including phenoxy) is 3. The molecule has 0 radical (unpaired) electrons. The van der Waals surface area contributed by atoms with E-state index in [1.807, 2.05) is 182 Å². The molecular weight excluding hydrogens is 741 g/mol. The third-order valence-electron chi connectivity index (χ3n) is 8.04. The normalized spacial score (nSPS) is 11.9. The minimum Gasteiger partial charge on any atom is -0.372 e. The van der Waals surface area contributed by atoms with Crippen molar-refractivity contribution in [3.05, 3.63) is 156 Å². The van der Waals surface area contributed by atoms with Crippen molar-refractivity contribution in [2.75, 3.05) is 19.8 Å². The SMILES string of the molecule is CC.CC.CC.CC.CC.CC.CCOC(c1ccccc1)c1ccccn1.CCOC(c1ccccn1)C1CCCCC1.CCOC(c1ccccn1)c1ccccn1. The Morgan fingerprint density at radius 1 is 0.400 bits per heavy atom. The van der Waals surface area contributed by atoms with Gasteiger partial charge in [0.25, 0.3) is 0 Å². The molecular formula is C53H86N4O3. The molecule has 1 aliphatic rings. The van der Waals surface area contributed by atoms with Crippen molar-refractivity contribution in [3.63, 3.8) is 0 Å². The fourth-order valence-electron chi connectivity index (χ4n) is 5.85. The molecule has 60 heavy (non-hydrogen) atoms. The molecule has 1 fully saturated rings. The van der Waals surface area contributed by atoms with Crippen molar-refractivity contribution in [2.45, 2.75) is 154 Å². The van der Waals surface area contributed by atoms with Crippen LogP contribution in [0.4, 0.5) is 0 Å². The summed E-state index contributed by atoms with van der Waals surface area (Å²) in [4.78, 5) is 17.4. The minimum absolute atomic E-state index is 0.0626. The molecule has 1 saturated carbocycles. The van der Waals surface area contributed by atoms with Crippen LogP contribution in [-0.2, 0) is 14.2 Å². The van der Waals surface area contributed by atoms with Gasteiger partial charge in [0, 0.05) is 44.6 Å². The molecule has 5 aromatic rings. The molecule has 7 heteroatoms. The average Bonchev–Trinajstić information content (AvgIpc) is 3.37. The average molecular weight is 827 g/mol. The second-order valence-corrected chi connectivity index (χ2v) is 11.4. The zero-order valence-corrected chi connectivity index (χ0v) is 40.6. The van der Waals surface area contributed by atoms with E-state index in [0.717, 1.165) is 34.9 Å². The summed E-state index contributed by atoms with van der Waals surface area (Å²) in [7, 11) is 0. The van der Waals surface area contributed by atoms with Crippen LogP contribution in [0.2, 0.25) is 0 Å². The van der Waals surface area contributed by atoms with Gasteiger partial charge in [0.05, 0.1) is 22.8 Å². The van der Waals surface area contributed by atoms with E-state index in [4.69, 9.17) is 14.2 Å². The molecule has 1 aliphatic carbocycles. The standard InChI is InChI=1S/C14H21NO.C14H15NO.C13H14N2O.6C2H6/c2*1-2-16-14(12-8-4-3-5-9-12)13-10-6-7-11-15-13;1-2-16-13(11-7-3-5-9-14-11)12-8-4-6-10-15-12;6*1-2/h6-7,10-12,14H,2-5,8-9H2,1H3;3-11,14H,2H2,1H3;3-10,13H,2H2,1H3;6*1-2H3. The van der Waals surface area contributed by atoms with Crippen molar-refractivity contribution in [1.29, 1.82) is 0 Å². The number of rotatable bonds is 12. The predicted octanol–water partition coefficient (Wildman–Crippen LogP) is 15.7. The van der Waals surface area contributed by atoms with Crippen LogP contribution in [0, 0.1) is 5.92 Å². The van der Waals surface area contributed by atoms with Crippen molar-refractivity contribution in [1.82, 2.24) is 19.9 Å². The zero-order chi connectivity index (χ0) is 45.7. The van der Waals surface area contributed by atoms with E-state index in [9.17, 15) is 0 Å². The number of pyridine rings is 4. The van der Waals surface area contributed by atoms with Crippen LogP contribution in [0.1, 0.15) is 183 Å². The lowest BCUT2D eigenvalue weighted by atomic mass is 9.84. The first-order valence-corrected chi connectivity index (χ1v) is 23.3. The predicted molar refractivity (Wildman–Crippen MR) is 259 cm³/mol. The summed E-state index contributed by atoms with van der Waals surface area (Å²) in [5.74, 6) is 0.670. The lowest BCUT2D eigenvalue weighted by Gasteiger charge is -2.29. The van der Waals surface area contributed by atoms with Crippen LogP contribution in [0.3, 0.4) is 0 Å². The Bertz CT molecular complexity index is 1330. The maximum absolute atomic E-state index is 5.90. The highest BCUT2D eigenvalue weighted by Crippen LogP contribution is 2.36. The first-order chi connectivity index (χ1) is 29.7. The molecule has 0 bridgehead atoms. The van der Waals surface area contributed by atoms with Gasteiger partial charge in [-0.3, -0.25) is 19.9 Å². The molecule has 0 N–H and O–H groups in total.